The van der Waals surface area contributed by atoms with Crippen molar-refractivity contribution in [1.82, 2.24) is 4.90 Å². The molecule has 3 heteroatoms. The Kier molecular flexibility index (Phi) is 2.21. The SMILES string of the molecule is Cc1cc(C)c2c(c1)COC2N1C=NCC1. The average Bonchev–Trinajstić information content (AvgIpc) is 2.82. The molecule has 2 aliphatic heterocycles. The van der Waals surface area contributed by atoms with Crippen molar-refractivity contribution < 1.29 is 4.74 Å². The van der Waals surface area contributed by atoms with Crippen molar-refractivity contribution in [2.24, 2.45) is 4.99 Å². The summed E-state index contributed by atoms with van der Waals surface area (Å²) in [4.78, 5) is 6.44. The van der Waals surface area contributed by atoms with Gasteiger partial charge in [0.2, 0.25) is 0 Å². The third-order valence-electron chi connectivity index (χ3n) is 3.28. The van der Waals surface area contributed by atoms with Gasteiger partial charge >= 0.3 is 0 Å². The summed E-state index contributed by atoms with van der Waals surface area (Å²) >= 11 is 0. The Morgan fingerprint density at radius 1 is 1.38 bits per heavy atom. The maximum Gasteiger partial charge on any atom is 0.158 e. The minimum Gasteiger partial charge on any atom is -0.349 e. The Morgan fingerprint density at radius 3 is 3.00 bits per heavy atom. The molecule has 1 aromatic carbocycles. The second-order valence-corrected chi connectivity index (χ2v) is 4.58. The van der Waals surface area contributed by atoms with Crippen LogP contribution in [-0.2, 0) is 11.3 Å². The molecule has 16 heavy (non-hydrogen) atoms. The number of nitrogens with zero attached hydrogens (tertiary/aromatic N) is 2. The fourth-order valence-corrected chi connectivity index (χ4v) is 2.62. The van der Waals surface area contributed by atoms with E-state index in [4.69, 9.17) is 4.74 Å². The number of hydrogen-bond acceptors (Lipinski definition) is 3. The molecule has 3 nitrogen and oxygen atoms in total. The molecule has 0 saturated carbocycles. The number of fused-ring (bicyclic) bond motifs is 1. The van der Waals surface area contributed by atoms with E-state index in [0.29, 0.717) is 0 Å². The predicted octanol–water partition coefficient (Wildman–Crippen LogP) is 2.18. The molecule has 0 fully saturated rings. The van der Waals surface area contributed by atoms with Gasteiger partial charge in [-0.15, -0.1) is 0 Å². The minimum absolute atomic E-state index is 0.0850. The van der Waals surface area contributed by atoms with Crippen LogP contribution in [0.5, 0.6) is 0 Å². The van der Waals surface area contributed by atoms with Gasteiger partial charge in [0, 0.05) is 12.1 Å². The maximum absolute atomic E-state index is 5.88. The van der Waals surface area contributed by atoms with E-state index in [2.05, 4.69) is 35.9 Å². The van der Waals surface area contributed by atoms with Crippen LogP contribution in [0.1, 0.15) is 28.5 Å². The molecule has 2 heterocycles. The number of ether oxygens (including phenoxy) is 1. The Balaban J connectivity index is 2.01. The maximum atomic E-state index is 5.88. The van der Waals surface area contributed by atoms with E-state index in [1.165, 1.54) is 22.3 Å². The lowest BCUT2D eigenvalue weighted by Gasteiger charge is -2.23. The Hall–Kier alpha value is -1.35. The van der Waals surface area contributed by atoms with Gasteiger partial charge in [-0.25, -0.2) is 0 Å². The zero-order chi connectivity index (χ0) is 11.1. The lowest BCUT2D eigenvalue weighted by molar-refractivity contribution is -0.0104. The van der Waals surface area contributed by atoms with E-state index in [-0.39, 0.29) is 6.23 Å². The molecule has 0 bridgehead atoms. The van der Waals surface area contributed by atoms with Gasteiger partial charge in [-0.2, -0.15) is 0 Å². The molecule has 0 amide bonds. The number of aliphatic imine (C=N–C) groups is 1. The third kappa shape index (κ3) is 1.43. The van der Waals surface area contributed by atoms with Crippen LogP contribution < -0.4 is 0 Å². The van der Waals surface area contributed by atoms with E-state index >= 15 is 0 Å². The molecule has 0 radical (unpaired) electrons. The zero-order valence-electron chi connectivity index (χ0n) is 9.73. The van der Waals surface area contributed by atoms with Gasteiger partial charge in [0.1, 0.15) is 0 Å². The molecule has 0 N–H and O–H groups in total. The first-order chi connectivity index (χ1) is 7.75. The largest absolute Gasteiger partial charge is 0.349 e. The molecule has 84 valence electrons. The first kappa shape index (κ1) is 9.85. The van der Waals surface area contributed by atoms with Crippen LogP contribution in [0.2, 0.25) is 0 Å². The van der Waals surface area contributed by atoms with Gasteiger partial charge in [0.05, 0.1) is 19.5 Å². The quantitative estimate of drug-likeness (QED) is 0.718. The van der Waals surface area contributed by atoms with E-state index in [0.717, 1.165) is 19.7 Å². The van der Waals surface area contributed by atoms with Crippen LogP contribution in [0, 0.1) is 13.8 Å². The lowest BCUT2D eigenvalue weighted by Crippen LogP contribution is -2.25. The highest BCUT2D eigenvalue weighted by Gasteiger charge is 2.30. The summed E-state index contributed by atoms with van der Waals surface area (Å²) in [6.07, 6.45) is 2.00. The summed E-state index contributed by atoms with van der Waals surface area (Å²) < 4.78 is 5.88. The molecule has 1 aromatic rings. The first-order valence-electron chi connectivity index (χ1n) is 5.73. The minimum atomic E-state index is 0.0850. The summed E-state index contributed by atoms with van der Waals surface area (Å²) in [6, 6.07) is 4.46. The Labute approximate surface area is 95.7 Å². The highest BCUT2D eigenvalue weighted by molar-refractivity contribution is 5.59. The van der Waals surface area contributed by atoms with Gasteiger partial charge in [0.25, 0.3) is 0 Å². The molecule has 1 unspecified atom stereocenters. The van der Waals surface area contributed by atoms with Gasteiger partial charge < -0.3 is 9.64 Å². The Morgan fingerprint density at radius 2 is 2.25 bits per heavy atom. The molecule has 0 aliphatic carbocycles. The molecule has 0 saturated heterocycles. The second kappa shape index (κ2) is 3.59. The molecule has 1 atom stereocenters. The van der Waals surface area contributed by atoms with Crippen molar-refractivity contribution in [3.63, 3.8) is 0 Å². The van der Waals surface area contributed by atoms with Crippen molar-refractivity contribution in [2.45, 2.75) is 26.7 Å². The molecule has 0 spiro atoms. The van der Waals surface area contributed by atoms with E-state index in [1.807, 2.05) is 6.34 Å². The summed E-state index contributed by atoms with van der Waals surface area (Å²) in [7, 11) is 0. The topological polar surface area (TPSA) is 24.8 Å². The summed E-state index contributed by atoms with van der Waals surface area (Å²) in [5.41, 5.74) is 5.33. The standard InChI is InChI=1S/C13H16N2O/c1-9-5-10(2)12-11(6-9)7-16-13(12)15-4-3-14-8-15/h5-6,8,13H,3-4,7H2,1-2H3. The molecular formula is C13H16N2O. The van der Waals surface area contributed by atoms with Gasteiger partial charge in [0.15, 0.2) is 6.23 Å². The van der Waals surface area contributed by atoms with Crippen molar-refractivity contribution in [3.8, 4) is 0 Å². The zero-order valence-corrected chi connectivity index (χ0v) is 9.73. The Bertz CT molecular complexity index is 453. The molecule has 3 rings (SSSR count). The van der Waals surface area contributed by atoms with Crippen molar-refractivity contribution in [2.75, 3.05) is 13.1 Å². The van der Waals surface area contributed by atoms with E-state index in [9.17, 15) is 0 Å². The van der Waals surface area contributed by atoms with Crippen molar-refractivity contribution >= 4 is 6.34 Å². The number of benzene rings is 1. The van der Waals surface area contributed by atoms with Gasteiger partial charge in [-0.3, -0.25) is 4.99 Å². The number of rotatable bonds is 1. The van der Waals surface area contributed by atoms with Crippen LogP contribution in [0.3, 0.4) is 0 Å². The van der Waals surface area contributed by atoms with Gasteiger partial charge in [-0.1, -0.05) is 17.7 Å². The highest BCUT2D eigenvalue weighted by Crippen LogP contribution is 2.36. The normalized spacial score (nSPS) is 22.9. The van der Waals surface area contributed by atoms with Crippen LogP contribution in [-0.4, -0.2) is 24.3 Å². The monoisotopic (exact) mass is 216 g/mol. The number of aryl methyl sites for hydroxylation is 2. The van der Waals surface area contributed by atoms with Crippen molar-refractivity contribution in [1.29, 1.82) is 0 Å². The fraction of sp³-hybridized carbons (Fsp3) is 0.462. The second-order valence-electron chi connectivity index (χ2n) is 4.58. The van der Waals surface area contributed by atoms with E-state index in [1.54, 1.807) is 0 Å². The fourth-order valence-electron chi connectivity index (χ4n) is 2.62. The summed E-state index contributed by atoms with van der Waals surface area (Å²) in [5.74, 6) is 0. The van der Waals surface area contributed by atoms with E-state index < -0.39 is 0 Å². The van der Waals surface area contributed by atoms with Crippen LogP contribution in [0.25, 0.3) is 0 Å². The third-order valence-corrected chi connectivity index (χ3v) is 3.28. The number of hydrogen-bond donors (Lipinski definition) is 0. The highest BCUT2D eigenvalue weighted by atomic mass is 16.5. The molecule has 2 aliphatic rings. The van der Waals surface area contributed by atoms with Gasteiger partial charge in [-0.05, 0) is 25.0 Å². The van der Waals surface area contributed by atoms with Crippen LogP contribution in [0.4, 0.5) is 0 Å². The smallest absolute Gasteiger partial charge is 0.158 e. The average molecular weight is 216 g/mol. The van der Waals surface area contributed by atoms with Crippen LogP contribution in [0.15, 0.2) is 17.1 Å². The van der Waals surface area contributed by atoms with Crippen molar-refractivity contribution in [3.05, 3.63) is 34.4 Å². The van der Waals surface area contributed by atoms with Crippen LogP contribution >= 0.6 is 0 Å². The summed E-state index contributed by atoms with van der Waals surface area (Å²) in [6.45, 7) is 6.89. The molecular weight excluding hydrogens is 200 g/mol. The first-order valence-corrected chi connectivity index (χ1v) is 5.73. The lowest BCUT2D eigenvalue weighted by atomic mass is 9.99. The predicted molar refractivity (Wildman–Crippen MR) is 63.5 cm³/mol. The summed E-state index contributed by atoms with van der Waals surface area (Å²) in [5, 5.41) is 0. The molecule has 0 aromatic heterocycles.